The third-order valence-electron chi connectivity index (χ3n) is 8.94. The summed E-state index contributed by atoms with van der Waals surface area (Å²) in [7, 11) is 2.04. The molecule has 0 spiro atoms. The van der Waals surface area contributed by atoms with Gasteiger partial charge in [-0.1, -0.05) is 109 Å². The first-order valence-electron chi connectivity index (χ1n) is 14.6. The minimum absolute atomic E-state index is 0.924. The molecule has 43 heavy (non-hydrogen) atoms. The second-order valence-corrected chi connectivity index (χ2v) is 11.3. The van der Waals surface area contributed by atoms with Gasteiger partial charge >= 0.3 is 0 Å². The summed E-state index contributed by atoms with van der Waals surface area (Å²) in [6.45, 7) is 0. The van der Waals surface area contributed by atoms with Crippen LogP contribution in [0.15, 0.2) is 127 Å². The Hall–Kier alpha value is -5.89. The maximum Gasteiger partial charge on any atom is 0.257 e. The summed E-state index contributed by atoms with van der Waals surface area (Å²) in [4.78, 5) is 0. The first kappa shape index (κ1) is 23.8. The quantitative estimate of drug-likeness (QED) is 0.102. The number of aromatic nitrogens is 1. The highest BCUT2D eigenvalue weighted by Crippen LogP contribution is 2.37. The van der Waals surface area contributed by atoms with E-state index in [1.165, 1.54) is 64.6 Å². The van der Waals surface area contributed by atoms with E-state index < -0.39 is 0 Å². The number of hydrogen-bond donors (Lipinski definition) is 0. The summed E-state index contributed by atoms with van der Waals surface area (Å²) in [5.74, 6) is 13.9. The molecule has 0 atom stereocenters. The van der Waals surface area contributed by atoms with Gasteiger partial charge in [-0.2, -0.15) is 4.57 Å². The second kappa shape index (κ2) is 9.06. The van der Waals surface area contributed by atoms with Crippen molar-refractivity contribution >= 4 is 64.6 Å². The normalized spacial score (nSPS) is 11.5. The van der Waals surface area contributed by atoms with E-state index in [1.807, 2.05) is 13.1 Å². The van der Waals surface area contributed by atoms with Gasteiger partial charge in [-0.05, 0) is 82.8 Å². The first-order valence-corrected chi connectivity index (χ1v) is 14.6. The number of hydrogen-bond acceptors (Lipinski definition) is 0. The summed E-state index contributed by atoms with van der Waals surface area (Å²) in [5.41, 5.74) is 3.92. The summed E-state index contributed by atoms with van der Waals surface area (Å²) >= 11 is 0. The molecule has 1 aromatic heterocycles. The molecule has 8 aromatic carbocycles. The molecule has 0 saturated heterocycles. The van der Waals surface area contributed by atoms with Crippen molar-refractivity contribution in [3.05, 3.63) is 150 Å². The second-order valence-electron chi connectivity index (χ2n) is 11.3. The van der Waals surface area contributed by atoms with Crippen LogP contribution in [0, 0.1) is 23.7 Å². The Morgan fingerprint density at radius 2 is 0.698 bits per heavy atom. The molecule has 196 valence electrons. The molecule has 0 unspecified atom stereocenters. The van der Waals surface area contributed by atoms with Crippen molar-refractivity contribution in [1.29, 1.82) is 0 Å². The van der Waals surface area contributed by atoms with Gasteiger partial charge in [0.05, 0.1) is 0 Å². The molecule has 1 nitrogen and oxygen atoms in total. The van der Waals surface area contributed by atoms with Gasteiger partial charge in [0, 0.05) is 35.1 Å². The third-order valence-corrected chi connectivity index (χ3v) is 8.94. The first-order chi connectivity index (χ1) is 21.2. The summed E-state index contributed by atoms with van der Waals surface area (Å²) in [5, 5.41) is 15.2. The molecule has 0 amide bonds. The molecule has 9 rings (SSSR count). The molecule has 0 fully saturated rings. The fraction of sp³-hybridized carbons (Fsp3) is 0.0238. The highest BCUT2D eigenvalue weighted by Gasteiger charge is 2.13. The van der Waals surface area contributed by atoms with Crippen LogP contribution in [-0.2, 0) is 7.05 Å². The van der Waals surface area contributed by atoms with Crippen molar-refractivity contribution < 1.29 is 4.57 Å². The lowest BCUT2D eigenvalue weighted by Crippen LogP contribution is -2.36. The van der Waals surface area contributed by atoms with Crippen LogP contribution in [0.1, 0.15) is 22.5 Å². The van der Waals surface area contributed by atoms with Crippen LogP contribution in [0.2, 0.25) is 0 Å². The molecule has 9 aromatic rings. The molecule has 1 heteroatoms. The van der Waals surface area contributed by atoms with E-state index in [0.29, 0.717) is 0 Å². The lowest BCUT2D eigenvalue weighted by atomic mass is 9.92. The zero-order chi connectivity index (χ0) is 28.5. The average Bonchev–Trinajstić information content (AvgIpc) is 3.05. The Morgan fingerprint density at radius 3 is 1.14 bits per heavy atom. The van der Waals surface area contributed by atoms with E-state index in [0.717, 1.165) is 22.5 Å². The lowest BCUT2D eigenvalue weighted by molar-refractivity contribution is -0.676. The van der Waals surface area contributed by atoms with Crippen molar-refractivity contribution in [2.75, 3.05) is 0 Å². The van der Waals surface area contributed by atoms with Gasteiger partial charge in [-0.15, -0.1) is 0 Å². The van der Waals surface area contributed by atoms with Crippen molar-refractivity contribution in [1.82, 2.24) is 0 Å². The zero-order valence-electron chi connectivity index (χ0n) is 23.6. The molecule has 1 heterocycles. The molecular weight excluding hydrogens is 518 g/mol. The molecule has 0 N–H and O–H groups in total. The Labute approximate surface area is 249 Å². The van der Waals surface area contributed by atoms with E-state index in [4.69, 9.17) is 0 Å². The molecule has 0 aliphatic heterocycles. The largest absolute Gasteiger partial charge is 0.257 e. The van der Waals surface area contributed by atoms with Crippen LogP contribution in [0.25, 0.3) is 64.6 Å². The van der Waals surface area contributed by atoms with E-state index in [9.17, 15) is 0 Å². The Morgan fingerprint density at radius 1 is 0.349 bits per heavy atom. The van der Waals surface area contributed by atoms with Gasteiger partial charge in [-0.25, -0.2) is 0 Å². The summed E-state index contributed by atoms with van der Waals surface area (Å²) in [6.07, 6.45) is 0. The van der Waals surface area contributed by atoms with Crippen molar-refractivity contribution in [2.45, 2.75) is 0 Å². The van der Waals surface area contributed by atoms with Gasteiger partial charge in [0.15, 0.2) is 0 Å². The van der Waals surface area contributed by atoms with Crippen LogP contribution in [0.5, 0.6) is 0 Å². The van der Waals surface area contributed by atoms with E-state index in [2.05, 4.69) is 150 Å². The highest BCUT2D eigenvalue weighted by molar-refractivity contribution is 6.25. The molecule has 0 radical (unpaired) electrons. The maximum absolute atomic E-state index is 3.49. The van der Waals surface area contributed by atoms with Gasteiger partial charge < -0.3 is 0 Å². The van der Waals surface area contributed by atoms with Crippen molar-refractivity contribution in [2.24, 2.45) is 7.05 Å². The van der Waals surface area contributed by atoms with Crippen LogP contribution < -0.4 is 4.57 Å². The highest BCUT2D eigenvalue weighted by atomic mass is 14.9. The molecule has 0 bridgehead atoms. The van der Waals surface area contributed by atoms with E-state index in [1.54, 1.807) is 0 Å². The van der Waals surface area contributed by atoms with E-state index >= 15 is 0 Å². The average molecular weight is 543 g/mol. The number of rotatable bonds is 0. The fourth-order valence-electron chi connectivity index (χ4n) is 6.79. The SMILES string of the molecule is C[n+]1c(C#Cc2ccc3ccc4cccc5ccc2c3c45)cccc1C#Cc1ccc2ccc3cccc4ccc1c2c34. The fourth-order valence-corrected chi connectivity index (χ4v) is 6.79. The number of nitrogens with zero attached hydrogens (tertiary/aromatic N) is 1. The molecular formula is C42H24N+. The smallest absolute Gasteiger partial charge is 0.180 e. The van der Waals surface area contributed by atoms with Crippen LogP contribution in [-0.4, -0.2) is 0 Å². The number of pyridine rings is 1. The monoisotopic (exact) mass is 542 g/mol. The summed E-state index contributed by atoms with van der Waals surface area (Å²) in [6, 6.07) is 45.6. The van der Waals surface area contributed by atoms with Gasteiger partial charge in [0.1, 0.15) is 7.05 Å². The van der Waals surface area contributed by atoms with Crippen molar-refractivity contribution in [3.63, 3.8) is 0 Å². The lowest BCUT2D eigenvalue weighted by Gasteiger charge is -2.11. The van der Waals surface area contributed by atoms with Gasteiger partial charge in [0.2, 0.25) is 0 Å². The van der Waals surface area contributed by atoms with Crippen LogP contribution >= 0.6 is 0 Å². The summed E-state index contributed by atoms with van der Waals surface area (Å²) < 4.78 is 2.09. The van der Waals surface area contributed by atoms with Crippen LogP contribution in [0.3, 0.4) is 0 Å². The maximum atomic E-state index is 3.49. The van der Waals surface area contributed by atoms with Gasteiger partial charge in [-0.3, -0.25) is 0 Å². The predicted octanol–water partition coefficient (Wildman–Crippen LogP) is 9.11. The molecule has 0 saturated carbocycles. The van der Waals surface area contributed by atoms with Gasteiger partial charge in [0.25, 0.3) is 11.4 Å². The van der Waals surface area contributed by atoms with E-state index in [-0.39, 0.29) is 0 Å². The minimum Gasteiger partial charge on any atom is -0.180 e. The molecule has 0 aliphatic carbocycles. The van der Waals surface area contributed by atoms with Crippen LogP contribution in [0.4, 0.5) is 0 Å². The Kier molecular flexibility index (Phi) is 5.01. The third kappa shape index (κ3) is 3.59. The Bertz CT molecular complexity index is 2470. The predicted molar refractivity (Wildman–Crippen MR) is 180 cm³/mol. The minimum atomic E-state index is 0.924. The molecule has 0 aliphatic rings. The number of benzene rings is 8. The zero-order valence-corrected chi connectivity index (χ0v) is 23.6. The standard InChI is InChI=1S/C42H24N/c1-43-35(23-19-27-11-13-33-17-15-29-5-2-7-31-21-25-37(27)41(33)39(29)31)9-4-10-36(43)24-20-28-12-14-34-18-16-30-6-3-8-32-22-26-38(28)42(34)40(30)32/h2-18,21-22,25-26H,1H3/q+1. The van der Waals surface area contributed by atoms with Crippen molar-refractivity contribution in [3.8, 4) is 23.7 Å². The topological polar surface area (TPSA) is 3.88 Å². The Balaban J connectivity index is 1.14.